The number of hydrogen-bond acceptors (Lipinski definition) is 8. The number of morpholine rings is 1. The van der Waals surface area contributed by atoms with E-state index in [0.29, 0.717) is 19.6 Å². The summed E-state index contributed by atoms with van der Waals surface area (Å²) in [4.78, 5) is 28.4. The second kappa shape index (κ2) is 8.05. The summed E-state index contributed by atoms with van der Waals surface area (Å²) in [6.07, 6.45) is 2.15. The minimum absolute atomic E-state index is 0.0675. The molecule has 1 amide bonds. The van der Waals surface area contributed by atoms with Gasteiger partial charge in [0.05, 0.1) is 13.2 Å². The van der Waals surface area contributed by atoms with Crippen molar-refractivity contribution in [3.63, 3.8) is 0 Å². The lowest BCUT2D eigenvalue weighted by Gasteiger charge is -2.42. The van der Waals surface area contributed by atoms with Gasteiger partial charge in [0.25, 0.3) is 0 Å². The first kappa shape index (κ1) is 18.5. The van der Waals surface area contributed by atoms with Gasteiger partial charge in [-0.15, -0.1) is 0 Å². The third-order valence-electron chi connectivity index (χ3n) is 5.62. The highest BCUT2D eigenvalue weighted by molar-refractivity contribution is 5.78. The zero-order valence-electron chi connectivity index (χ0n) is 16.1. The Balaban J connectivity index is 1.47. The molecule has 3 aliphatic rings. The first-order valence-corrected chi connectivity index (χ1v) is 9.74. The largest absolute Gasteiger partial charge is 0.378 e. The van der Waals surface area contributed by atoms with Gasteiger partial charge in [-0.25, -0.2) is 9.97 Å². The molecule has 0 aliphatic carbocycles. The van der Waals surface area contributed by atoms with Crippen LogP contribution in [0.1, 0.15) is 23.7 Å². The van der Waals surface area contributed by atoms with E-state index in [9.17, 15) is 4.79 Å². The van der Waals surface area contributed by atoms with Crippen LogP contribution < -0.4 is 15.5 Å². The third kappa shape index (κ3) is 4.21. The normalized spacial score (nSPS) is 28.2. The van der Waals surface area contributed by atoms with Crippen LogP contribution in [-0.4, -0.2) is 91.5 Å². The van der Waals surface area contributed by atoms with Gasteiger partial charge in [-0.3, -0.25) is 15.0 Å². The van der Waals surface area contributed by atoms with Crippen molar-refractivity contribution in [1.29, 1.82) is 0 Å². The van der Waals surface area contributed by atoms with Crippen molar-refractivity contribution in [2.75, 3.05) is 64.4 Å². The standard InChI is InChI=1S/C18H29N7O2/c1-13-14(12-19-17(20-13)25-7-9-27-10-8-25)15-11-16(26)22-18(21-15)24-5-3-23(2)4-6-24/h12,15,18,21H,3-11H2,1-2H3,(H,22,26). The molecule has 3 aliphatic heterocycles. The molecule has 0 spiro atoms. The second-order valence-electron chi connectivity index (χ2n) is 7.54. The number of hydrogen-bond donors (Lipinski definition) is 2. The van der Waals surface area contributed by atoms with Crippen molar-refractivity contribution in [3.8, 4) is 0 Å². The van der Waals surface area contributed by atoms with Crippen LogP contribution in [0.2, 0.25) is 0 Å². The lowest BCUT2D eigenvalue weighted by atomic mass is 10.0. The molecule has 3 fully saturated rings. The predicted molar refractivity (Wildman–Crippen MR) is 101 cm³/mol. The Morgan fingerprint density at radius 2 is 1.89 bits per heavy atom. The van der Waals surface area contributed by atoms with E-state index >= 15 is 0 Å². The average molecular weight is 375 g/mol. The van der Waals surface area contributed by atoms with Gasteiger partial charge < -0.3 is 19.9 Å². The van der Waals surface area contributed by atoms with Gasteiger partial charge >= 0.3 is 0 Å². The summed E-state index contributed by atoms with van der Waals surface area (Å²) in [6.45, 7) is 8.94. The molecule has 0 bridgehead atoms. The van der Waals surface area contributed by atoms with E-state index in [0.717, 1.165) is 56.5 Å². The van der Waals surface area contributed by atoms with Gasteiger partial charge in [-0.2, -0.15) is 0 Å². The van der Waals surface area contributed by atoms with E-state index in [-0.39, 0.29) is 18.2 Å². The second-order valence-corrected chi connectivity index (χ2v) is 7.54. The minimum atomic E-state index is -0.136. The smallest absolute Gasteiger partial charge is 0.225 e. The number of anilines is 1. The molecule has 27 heavy (non-hydrogen) atoms. The molecule has 1 aromatic heterocycles. The molecular weight excluding hydrogens is 346 g/mol. The monoisotopic (exact) mass is 375 g/mol. The Morgan fingerprint density at radius 3 is 2.59 bits per heavy atom. The van der Waals surface area contributed by atoms with Gasteiger partial charge in [-0.05, 0) is 14.0 Å². The van der Waals surface area contributed by atoms with Crippen molar-refractivity contribution in [1.82, 2.24) is 30.4 Å². The molecular formula is C18H29N7O2. The zero-order chi connectivity index (χ0) is 18.8. The molecule has 2 unspecified atom stereocenters. The number of aryl methyl sites for hydroxylation is 1. The lowest BCUT2D eigenvalue weighted by Crippen LogP contribution is -2.64. The summed E-state index contributed by atoms with van der Waals surface area (Å²) >= 11 is 0. The van der Waals surface area contributed by atoms with Crippen LogP contribution in [0.15, 0.2) is 6.20 Å². The van der Waals surface area contributed by atoms with E-state index in [1.54, 1.807) is 0 Å². The number of piperazine rings is 1. The van der Waals surface area contributed by atoms with E-state index < -0.39 is 0 Å². The minimum Gasteiger partial charge on any atom is -0.378 e. The highest BCUT2D eigenvalue weighted by atomic mass is 16.5. The van der Waals surface area contributed by atoms with E-state index in [2.05, 4.69) is 37.4 Å². The molecule has 0 aromatic carbocycles. The quantitative estimate of drug-likeness (QED) is 0.718. The predicted octanol–water partition coefficient (Wildman–Crippen LogP) is -0.697. The van der Waals surface area contributed by atoms with Crippen LogP contribution in [0.5, 0.6) is 0 Å². The average Bonchev–Trinajstić information content (AvgIpc) is 2.68. The Morgan fingerprint density at radius 1 is 1.15 bits per heavy atom. The number of carbonyl (C=O) groups excluding carboxylic acids is 1. The van der Waals surface area contributed by atoms with Crippen LogP contribution in [0.4, 0.5) is 5.95 Å². The SMILES string of the molecule is Cc1nc(N2CCOCC2)ncc1C1CC(=O)NC(N2CCN(C)CC2)N1. The number of nitrogens with zero attached hydrogens (tertiary/aromatic N) is 5. The Labute approximate surface area is 160 Å². The maximum Gasteiger partial charge on any atom is 0.225 e. The molecule has 9 heteroatoms. The van der Waals surface area contributed by atoms with E-state index in [4.69, 9.17) is 9.72 Å². The highest BCUT2D eigenvalue weighted by Crippen LogP contribution is 2.24. The van der Waals surface area contributed by atoms with E-state index in [1.807, 2.05) is 13.1 Å². The summed E-state index contributed by atoms with van der Waals surface area (Å²) in [5, 5.41) is 6.66. The number of rotatable bonds is 3. The zero-order valence-corrected chi connectivity index (χ0v) is 16.1. The number of likely N-dealkylation sites (N-methyl/N-ethyl adjacent to an activating group) is 1. The summed E-state index contributed by atoms with van der Waals surface area (Å²) in [7, 11) is 2.13. The third-order valence-corrected chi connectivity index (χ3v) is 5.62. The number of aromatic nitrogens is 2. The highest BCUT2D eigenvalue weighted by Gasteiger charge is 2.33. The fourth-order valence-electron chi connectivity index (χ4n) is 3.89. The first-order chi connectivity index (χ1) is 13.1. The van der Waals surface area contributed by atoms with Crippen molar-refractivity contribution in [3.05, 3.63) is 17.5 Å². The van der Waals surface area contributed by atoms with Crippen LogP contribution in [0.25, 0.3) is 0 Å². The van der Waals surface area contributed by atoms with Crippen LogP contribution in [0, 0.1) is 6.92 Å². The van der Waals surface area contributed by atoms with Gasteiger partial charge in [0.2, 0.25) is 11.9 Å². The number of nitrogens with one attached hydrogen (secondary N) is 2. The molecule has 4 heterocycles. The fraction of sp³-hybridized carbons (Fsp3) is 0.722. The molecule has 0 radical (unpaired) electrons. The topological polar surface area (TPSA) is 85.9 Å². The summed E-state index contributed by atoms with van der Waals surface area (Å²) in [5.74, 6) is 0.815. The molecule has 1 aromatic rings. The molecule has 2 atom stereocenters. The van der Waals surface area contributed by atoms with Crippen LogP contribution >= 0.6 is 0 Å². The Hall–Kier alpha value is -1.81. The number of amides is 1. The van der Waals surface area contributed by atoms with Crippen LogP contribution in [0.3, 0.4) is 0 Å². The number of ether oxygens (including phenoxy) is 1. The molecule has 0 saturated carbocycles. The molecule has 9 nitrogen and oxygen atoms in total. The fourth-order valence-corrected chi connectivity index (χ4v) is 3.89. The summed E-state index contributed by atoms with van der Waals surface area (Å²) < 4.78 is 5.40. The Kier molecular flexibility index (Phi) is 5.53. The maximum absolute atomic E-state index is 12.3. The molecule has 3 saturated heterocycles. The first-order valence-electron chi connectivity index (χ1n) is 9.74. The van der Waals surface area contributed by atoms with Crippen molar-refractivity contribution in [2.45, 2.75) is 25.7 Å². The van der Waals surface area contributed by atoms with Gasteiger partial charge in [0.1, 0.15) is 6.29 Å². The van der Waals surface area contributed by atoms with Crippen LogP contribution in [-0.2, 0) is 9.53 Å². The molecule has 148 valence electrons. The van der Waals surface area contributed by atoms with Crippen molar-refractivity contribution >= 4 is 11.9 Å². The Bertz CT molecular complexity index is 672. The summed E-state index contributed by atoms with van der Waals surface area (Å²) in [5.41, 5.74) is 1.93. The van der Waals surface area contributed by atoms with E-state index in [1.165, 1.54) is 0 Å². The molecule has 4 rings (SSSR count). The molecule has 2 N–H and O–H groups in total. The summed E-state index contributed by atoms with van der Waals surface area (Å²) in [6, 6.07) is -0.0675. The van der Waals surface area contributed by atoms with Gasteiger partial charge in [0.15, 0.2) is 0 Å². The van der Waals surface area contributed by atoms with Gasteiger partial charge in [-0.1, -0.05) is 0 Å². The lowest BCUT2D eigenvalue weighted by molar-refractivity contribution is -0.127. The van der Waals surface area contributed by atoms with Crippen molar-refractivity contribution in [2.24, 2.45) is 0 Å². The van der Waals surface area contributed by atoms with Crippen molar-refractivity contribution < 1.29 is 9.53 Å². The number of carbonyl (C=O) groups is 1. The maximum atomic E-state index is 12.3. The van der Waals surface area contributed by atoms with Gasteiger partial charge in [0, 0.05) is 69.2 Å².